The van der Waals surface area contributed by atoms with Crippen molar-refractivity contribution in [2.45, 2.75) is 27.3 Å². The average Bonchev–Trinajstić information content (AvgIpc) is 2.56. The Hall–Kier alpha value is -2.83. The van der Waals surface area contributed by atoms with Gasteiger partial charge in [-0.15, -0.1) is 0 Å². The lowest BCUT2D eigenvalue weighted by Crippen LogP contribution is -2.34. The second-order valence-corrected chi connectivity index (χ2v) is 5.99. The molecule has 2 rings (SSSR count). The maximum absolute atomic E-state index is 14.3. The summed E-state index contributed by atoms with van der Waals surface area (Å²) in [5.74, 6) is -3.32. The van der Waals surface area contributed by atoms with Crippen LogP contribution in [0.1, 0.15) is 25.0 Å². The van der Waals surface area contributed by atoms with Gasteiger partial charge in [0.15, 0.2) is 0 Å². The monoisotopic (exact) mass is 348 g/mol. The number of nitro groups is 1. The maximum atomic E-state index is 14.3. The second kappa shape index (κ2) is 7.38. The van der Waals surface area contributed by atoms with Crippen molar-refractivity contribution in [2.24, 2.45) is 5.92 Å². The molecule has 0 aliphatic heterocycles. The van der Waals surface area contributed by atoms with Crippen molar-refractivity contribution in [3.8, 4) is 0 Å². The van der Waals surface area contributed by atoms with Gasteiger partial charge in [0.05, 0.1) is 17.2 Å². The predicted octanol–water partition coefficient (Wildman–Crippen LogP) is 4.37. The lowest BCUT2D eigenvalue weighted by atomic mass is 10.1. The number of amides is 1. The van der Waals surface area contributed by atoms with Gasteiger partial charge in [-0.25, -0.2) is 0 Å². The lowest BCUT2D eigenvalue weighted by Gasteiger charge is -2.26. The Morgan fingerprint density at radius 2 is 1.84 bits per heavy atom. The summed E-state index contributed by atoms with van der Waals surface area (Å²) in [5, 5.41) is 10.9. The lowest BCUT2D eigenvalue weighted by molar-refractivity contribution is -0.390. The number of carbonyl (C=O) groups excluding carboxylic acids is 1. The molecule has 7 heteroatoms. The molecular formula is C18H18F2N2O3. The number of nitro benzene ring substituents is 1. The first-order valence-electron chi connectivity index (χ1n) is 7.72. The molecule has 0 spiro atoms. The first-order chi connectivity index (χ1) is 11.7. The van der Waals surface area contributed by atoms with Crippen molar-refractivity contribution >= 4 is 17.3 Å². The normalized spacial score (nSPS) is 10.8. The van der Waals surface area contributed by atoms with Crippen molar-refractivity contribution < 1.29 is 18.5 Å². The van der Waals surface area contributed by atoms with Gasteiger partial charge in [-0.2, -0.15) is 8.78 Å². The van der Waals surface area contributed by atoms with Crippen molar-refractivity contribution in [2.75, 3.05) is 4.90 Å². The van der Waals surface area contributed by atoms with E-state index < -0.39 is 28.2 Å². The van der Waals surface area contributed by atoms with Crippen LogP contribution in [0.15, 0.2) is 36.4 Å². The van der Waals surface area contributed by atoms with Gasteiger partial charge in [0.2, 0.25) is 17.5 Å². The molecule has 0 unspecified atom stereocenters. The molecule has 0 bridgehead atoms. The molecule has 0 N–H and O–H groups in total. The van der Waals surface area contributed by atoms with E-state index in [1.807, 2.05) is 6.07 Å². The van der Waals surface area contributed by atoms with E-state index in [4.69, 9.17) is 0 Å². The van der Waals surface area contributed by atoms with Crippen LogP contribution in [0.3, 0.4) is 0 Å². The third-order valence-corrected chi connectivity index (χ3v) is 3.83. The highest BCUT2D eigenvalue weighted by atomic mass is 19.1. The summed E-state index contributed by atoms with van der Waals surface area (Å²) in [6, 6.07) is 9.81. The zero-order chi connectivity index (χ0) is 18.7. The second-order valence-electron chi connectivity index (χ2n) is 5.99. The molecule has 0 radical (unpaired) electrons. The van der Waals surface area contributed by atoms with Crippen LogP contribution in [0.25, 0.3) is 0 Å². The summed E-state index contributed by atoms with van der Waals surface area (Å²) in [6.45, 7) is 4.75. The van der Waals surface area contributed by atoms with Gasteiger partial charge in [0, 0.05) is 17.5 Å². The summed E-state index contributed by atoms with van der Waals surface area (Å²) in [4.78, 5) is 23.6. The van der Waals surface area contributed by atoms with E-state index in [-0.39, 0.29) is 23.7 Å². The molecule has 0 heterocycles. The van der Waals surface area contributed by atoms with E-state index in [0.29, 0.717) is 0 Å². The molecule has 0 aromatic heterocycles. The Balaban J connectivity index is 2.58. The molecular weight excluding hydrogens is 330 g/mol. The van der Waals surface area contributed by atoms with Crippen LogP contribution in [-0.2, 0) is 11.3 Å². The van der Waals surface area contributed by atoms with Crippen molar-refractivity contribution in [1.29, 1.82) is 0 Å². The minimum atomic E-state index is -1.31. The van der Waals surface area contributed by atoms with Gasteiger partial charge in [-0.05, 0) is 12.5 Å². The third kappa shape index (κ3) is 3.81. The Kier molecular flexibility index (Phi) is 5.46. The van der Waals surface area contributed by atoms with E-state index in [0.717, 1.165) is 11.6 Å². The van der Waals surface area contributed by atoms with Crippen molar-refractivity contribution in [3.05, 3.63) is 69.3 Å². The highest BCUT2D eigenvalue weighted by Crippen LogP contribution is 2.33. The van der Waals surface area contributed by atoms with Crippen LogP contribution in [0, 0.1) is 34.6 Å². The van der Waals surface area contributed by atoms with Gasteiger partial charge in [0.1, 0.15) is 0 Å². The van der Waals surface area contributed by atoms with Gasteiger partial charge in [0.25, 0.3) is 0 Å². The van der Waals surface area contributed by atoms with E-state index in [9.17, 15) is 23.7 Å². The number of anilines is 1. The Bertz CT molecular complexity index is 808. The summed E-state index contributed by atoms with van der Waals surface area (Å²) in [6.07, 6.45) is 0. The quantitative estimate of drug-likeness (QED) is 0.595. The summed E-state index contributed by atoms with van der Waals surface area (Å²) < 4.78 is 28.4. The van der Waals surface area contributed by atoms with E-state index in [1.54, 1.807) is 38.1 Å². The molecule has 132 valence electrons. The number of halogens is 2. The molecule has 0 saturated carbocycles. The van der Waals surface area contributed by atoms with E-state index >= 15 is 0 Å². The Labute approximate surface area is 144 Å². The predicted molar refractivity (Wildman–Crippen MR) is 90.2 cm³/mol. The minimum Gasteiger partial charge on any atom is -0.307 e. The maximum Gasteiger partial charge on any atom is 0.340 e. The van der Waals surface area contributed by atoms with E-state index in [1.165, 1.54) is 11.8 Å². The molecule has 2 aromatic carbocycles. The zero-order valence-electron chi connectivity index (χ0n) is 14.1. The molecule has 0 atom stereocenters. The van der Waals surface area contributed by atoms with Gasteiger partial charge >= 0.3 is 5.69 Å². The summed E-state index contributed by atoms with van der Waals surface area (Å²) in [5.41, 5.74) is -0.589. The molecule has 2 aromatic rings. The molecule has 5 nitrogen and oxygen atoms in total. The third-order valence-electron chi connectivity index (χ3n) is 3.83. The highest BCUT2D eigenvalue weighted by molar-refractivity contribution is 5.95. The van der Waals surface area contributed by atoms with Crippen LogP contribution in [0.2, 0.25) is 0 Å². The van der Waals surface area contributed by atoms with Crippen LogP contribution in [0.5, 0.6) is 0 Å². The zero-order valence-corrected chi connectivity index (χ0v) is 14.1. The minimum absolute atomic E-state index is 0.0110. The molecule has 0 saturated heterocycles. The van der Waals surface area contributed by atoms with Crippen LogP contribution in [0.4, 0.5) is 20.2 Å². The fraction of sp³-hybridized carbons (Fsp3) is 0.278. The summed E-state index contributed by atoms with van der Waals surface area (Å²) >= 11 is 0. The average molecular weight is 348 g/mol. The summed E-state index contributed by atoms with van der Waals surface area (Å²) in [7, 11) is 0. The molecule has 0 aliphatic rings. The van der Waals surface area contributed by atoms with E-state index in [2.05, 4.69) is 0 Å². The topological polar surface area (TPSA) is 63.5 Å². The number of rotatable bonds is 5. The molecule has 25 heavy (non-hydrogen) atoms. The SMILES string of the molecule is Cc1c(N(Cc2ccccc2)C(=O)C(C)C)cc(F)c([N+](=O)[O-])c1F. The van der Waals surface area contributed by atoms with Crippen LogP contribution >= 0.6 is 0 Å². The fourth-order valence-corrected chi connectivity index (χ4v) is 2.50. The van der Waals surface area contributed by atoms with Crippen molar-refractivity contribution in [1.82, 2.24) is 0 Å². The van der Waals surface area contributed by atoms with Crippen molar-refractivity contribution in [3.63, 3.8) is 0 Å². The molecule has 1 amide bonds. The van der Waals surface area contributed by atoms with Crippen LogP contribution in [-0.4, -0.2) is 10.8 Å². The largest absolute Gasteiger partial charge is 0.340 e. The number of carbonyl (C=O) groups is 1. The van der Waals surface area contributed by atoms with Gasteiger partial charge in [-0.3, -0.25) is 14.9 Å². The standard InChI is InChI=1S/C18H18F2N2O3/c1-11(2)18(23)21(10-13-7-5-4-6-8-13)15-9-14(19)17(22(24)25)16(20)12(15)3/h4-9,11H,10H2,1-3H3. The van der Waals surface area contributed by atoms with Gasteiger partial charge in [-0.1, -0.05) is 44.2 Å². The fourth-order valence-electron chi connectivity index (χ4n) is 2.50. The first kappa shape index (κ1) is 18.5. The van der Waals surface area contributed by atoms with Crippen LogP contribution < -0.4 is 4.90 Å². The molecule has 0 fully saturated rings. The first-order valence-corrected chi connectivity index (χ1v) is 7.72. The number of nitrogens with zero attached hydrogens (tertiary/aromatic N) is 2. The number of hydrogen-bond acceptors (Lipinski definition) is 3. The Morgan fingerprint density at radius 1 is 1.24 bits per heavy atom. The number of hydrogen-bond donors (Lipinski definition) is 0. The van der Waals surface area contributed by atoms with Gasteiger partial charge < -0.3 is 4.90 Å². The smallest absolute Gasteiger partial charge is 0.307 e. The highest BCUT2D eigenvalue weighted by Gasteiger charge is 2.29. The molecule has 0 aliphatic carbocycles. The Morgan fingerprint density at radius 3 is 2.36 bits per heavy atom. The number of benzene rings is 2.